The number of phenolic OH excluding ortho intramolecular Hbond substituents is 2. The number of nitrogens with zero attached hydrogens (tertiary/aromatic N) is 4. The Balaban J connectivity index is 0.000000275. The van der Waals surface area contributed by atoms with E-state index in [2.05, 4.69) is 4.98 Å². The number of carbonyl (C=O) groups excluding carboxylic acids is 2. The van der Waals surface area contributed by atoms with Crippen LogP contribution in [0.1, 0.15) is 17.5 Å². The van der Waals surface area contributed by atoms with Gasteiger partial charge in [0.15, 0.2) is 45.7 Å². The Kier molecular flexibility index (Phi) is 9.64. The van der Waals surface area contributed by atoms with Gasteiger partial charge < -0.3 is 24.3 Å². The van der Waals surface area contributed by atoms with E-state index in [1.807, 2.05) is 0 Å². The van der Waals surface area contributed by atoms with Crippen LogP contribution in [0.2, 0.25) is 0 Å². The smallest absolute Gasteiger partial charge is 0.332 e. The summed E-state index contributed by atoms with van der Waals surface area (Å²) in [6.07, 6.45) is 6.96. The van der Waals surface area contributed by atoms with Gasteiger partial charge >= 0.3 is 5.69 Å². The van der Waals surface area contributed by atoms with Crippen molar-refractivity contribution >= 4 is 34.9 Å². The molecule has 0 bridgehead atoms. The molecule has 0 saturated heterocycles. The predicted molar refractivity (Wildman–Crippen MR) is 153 cm³/mol. The lowest BCUT2D eigenvalue weighted by molar-refractivity contribution is -0.121. The molecule has 2 N–H and O–H groups in total. The van der Waals surface area contributed by atoms with Crippen LogP contribution in [0, 0.1) is 0 Å². The summed E-state index contributed by atoms with van der Waals surface area (Å²) in [4.78, 5) is 51.0. The zero-order valence-corrected chi connectivity index (χ0v) is 23.2. The second-order valence-electron chi connectivity index (χ2n) is 8.87. The van der Waals surface area contributed by atoms with E-state index < -0.39 is 0 Å². The molecule has 0 saturated carbocycles. The summed E-state index contributed by atoms with van der Waals surface area (Å²) in [6, 6.07) is 9.34. The number of benzene rings is 2. The van der Waals surface area contributed by atoms with E-state index in [1.54, 1.807) is 55.1 Å². The van der Waals surface area contributed by atoms with Crippen molar-refractivity contribution in [2.24, 2.45) is 21.1 Å². The first-order valence-electron chi connectivity index (χ1n) is 12.2. The first kappa shape index (κ1) is 30.2. The SMILES string of the molecule is COc1cc(C=CC(=O)CC(=O)C=Cc2ccc(O)c(OC)c2)ccc1O.Cn1c(=O)c2c(ncn2C)n(C)c1=O. The molecule has 4 aromatic rings. The summed E-state index contributed by atoms with van der Waals surface area (Å²) in [7, 11) is 7.64. The predicted octanol–water partition coefficient (Wildman–Crippen LogP) is 2.34. The van der Waals surface area contributed by atoms with Gasteiger partial charge in [-0.3, -0.25) is 23.5 Å². The molecule has 2 aromatic heterocycles. The van der Waals surface area contributed by atoms with Crippen LogP contribution in [-0.2, 0) is 30.7 Å². The second kappa shape index (κ2) is 13.1. The Morgan fingerprint density at radius 3 is 1.78 bits per heavy atom. The summed E-state index contributed by atoms with van der Waals surface area (Å²) < 4.78 is 14.0. The summed E-state index contributed by atoms with van der Waals surface area (Å²) in [6.45, 7) is 0. The van der Waals surface area contributed by atoms with Gasteiger partial charge in [-0.05, 0) is 47.5 Å². The van der Waals surface area contributed by atoms with Crippen molar-refractivity contribution in [2.75, 3.05) is 14.2 Å². The Labute approximate surface area is 234 Å². The zero-order valence-electron chi connectivity index (χ0n) is 23.2. The number of allylic oxidation sites excluding steroid dienone is 2. The number of fused-ring (bicyclic) bond motifs is 1. The highest BCUT2D eigenvalue weighted by Crippen LogP contribution is 2.27. The zero-order chi connectivity index (χ0) is 30.3. The van der Waals surface area contributed by atoms with Gasteiger partial charge in [-0.25, -0.2) is 9.78 Å². The Hall–Kier alpha value is -5.39. The van der Waals surface area contributed by atoms with Crippen molar-refractivity contribution in [3.8, 4) is 23.0 Å². The van der Waals surface area contributed by atoms with Crippen molar-refractivity contribution in [1.29, 1.82) is 0 Å². The highest BCUT2D eigenvalue weighted by Gasteiger charge is 2.11. The van der Waals surface area contributed by atoms with E-state index in [4.69, 9.17) is 9.47 Å². The summed E-state index contributed by atoms with van der Waals surface area (Å²) in [5.74, 6) is -0.0832. The van der Waals surface area contributed by atoms with Crippen LogP contribution >= 0.6 is 0 Å². The van der Waals surface area contributed by atoms with Gasteiger partial charge in [0.05, 0.1) is 27.0 Å². The first-order valence-corrected chi connectivity index (χ1v) is 12.2. The lowest BCUT2D eigenvalue weighted by Crippen LogP contribution is -2.37. The number of hydrogen-bond acceptors (Lipinski definition) is 9. The number of aromatic hydroxyl groups is 2. The molecule has 214 valence electrons. The number of rotatable bonds is 8. The molecule has 0 atom stereocenters. The van der Waals surface area contributed by atoms with Gasteiger partial charge in [-0.1, -0.05) is 24.3 Å². The summed E-state index contributed by atoms with van der Waals surface area (Å²) in [5, 5.41) is 19.1. The van der Waals surface area contributed by atoms with E-state index in [1.165, 1.54) is 56.4 Å². The largest absolute Gasteiger partial charge is 0.504 e. The van der Waals surface area contributed by atoms with E-state index >= 15 is 0 Å². The molecule has 0 radical (unpaired) electrons. The van der Waals surface area contributed by atoms with Crippen molar-refractivity contribution in [2.45, 2.75) is 6.42 Å². The maximum atomic E-state index is 11.9. The third kappa shape index (κ3) is 7.18. The number of ether oxygens (including phenoxy) is 2. The second-order valence-corrected chi connectivity index (χ2v) is 8.87. The van der Waals surface area contributed by atoms with Crippen LogP contribution in [0.3, 0.4) is 0 Å². The first-order chi connectivity index (χ1) is 19.5. The molecular formula is C29H30N4O8. The molecule has 41 heavy (non-hydrogen) atoms. The van der Waals surface area contributed by atoms with E-state index in [9.17, 15) is 29.4 Å². The standard InChI is InChI=1S/C21H20O6.C8H10N4O2/c1-26-20-11-14(5-9-18(20)24)3-7-16(22)13-17(23)8-4-15-6-10-19(25)21(12-15)27-2;1-10-4-9-6-5(10)7(13)12(3)8(14)11(6)2/h3-12,24-25H,13H2,1-2H3;4H,1-3H3. The molecule has 4 rings (SSSR count). The van der Waals surface area contributed by atoms with Gasteiger partial charge in [0.1, 0.15) is 0 Å². The van der Waals surface area contributed by atoms with Crippen LogP contribution < -0.4 is 20.7 Å². The fraction of sp³-hybridized carbons (Fsp3) is 0.207. The highest BCUT2D eigenvalue weighted by atomic mass is 16.5. The minimum absolute atomic E-state index is 0.00662. The number of aromatic nitrogens is 4. The maximum absolute atomic E-state index is 11.9. The molecule has 0 aliphatic carbocycles. The molecule has 0 aliphatic heterocycles. The number of carbonyl (C=O) groups is 2. The van der Waals surface area contributed by atoms with Crippen LogP contribution in [-0.4, -0.2) is 54.7 Å². The van der Waals surface area contributed by atoms with E-state index in [0.29, 0.717) is 33.8 Å². The lowest BCUT2D eigenvalue weighted by Gasteiger charge is -2.03. The monoisotopic (exact) mass is 562 g/mol. The van der Waals surface area contributed by atoms with Crippen molar-refractivity contribution in [3.63, 3.8) is 0 Å². The molecule has 2 aromatic carbocycles. The Bertz CT molecular complexity index is 1700. The molecule has 2 heterocycles. The summed E-state index contributed by atoms with van der Waals surface area (Å²) in [5.41, 5.74) is 1.51. The lowest BCUT2D eigenvalue weighted by atomic mass is 10.1. The Morgan fingerprint density at radius 1 is 0.829 bits per heavy atom. The van der Waals surface area contributed by atoms with Gasteiger partial charge in [0.25, 0.3) is 5.56 Å². The quantitative estimate of drug-likeness (QED) is 0.243. The molecule has 0 unspecified atom stereocenters. The molecule has 0 spiro atoms. The van der Waals surface area contributed by atoms with Crippen molar-refractivity contribution in [1.82, 2.24) is 18.7 Å². The van der Waals surface area contributed by atoms with Crippen molar-refractivity contribution < 1.29 is 29.3 Å². The molecule has 12 heteroatoms. The van der Waals surface area contributed by atoms with Gasteiger partial charge in [-0.2, -0.15) is 0 Å². The minimum Gasteiger partial charge on any atom is -0.504 e. The molecule has 0 amide bonds. The average Bonchev–Trinajstić information content (AvgIpc) is 3.35. The van der Waals surface area contributed by atoms with Gasteiger partial charge in [-0.15, -0.1) is 0 Å². The van der Waals surface area contributed by atoms with E-state index in [0.717, 1.165) is 4.57 Å². The third-order valence-electron chi connectivity index (χ3n) is 6.00. The minimum atomic E-state index is -0.360. The number of ketones is 2. The molecule has 0 fully saturated rings. The number of methoxy groups -OCH3 is 2. The van der Waals surface area contributed by atoms with E-state index in [-0.39, 0.29) is 40.7 Å². The third-order valence-corrected chi connectivity index (χ3v) is 6.00. The molecular weight excluding hydrogens is 532 g/mol. The Morgan fingerprint density at radius 2 is 1.32 bits per heavy atom. The topological polar surface area (TPSA) is 155 Å². The maximum Gasteiger partial charge on any atom is 0.332 e. The fourth-order valence-corrected chi connectivity index (χ4v) is 3.73. The van der Waals surface area contributed by atoms with Crippen LogP contribution in [0.4, 0.5) is 0 Å². The van der Waals surface area contributed by atoms with Gasteiger partial charge in [0, 0.05) is 21.1 Å². The highest BCUT2D eigenvalue weighted by molar-refractivity contribution is 6.10. The number of imidazole rings is 1. The van der Waals surface area contributed by atoms with Crippen LogP contribution in [0.15, 0.2) is 64.5 Å². The molecule has 0 aliphatic rings. The number of aryl methyl sites for hydroxylation is 2. The average molecular weight is 563 g/mol. The normalized spacial score (nSPS) is 11.0. The summed E-state index contributed by atoms with van der Waals surface area (Å²) >= 11 is 0. The number of hydrogen-bond donors (Lipinski definition) is 2. The van der Waals surface area contributed by atoms with Crippen LogP contribution in [0.25, 0.3) is 23.3 Å². The fourth-order valence-electron chi connectivity index (χ4n) is 3.73. The molecule has 12 nitrogen and oxygen atoms in total. The van der Waals surface area contributed by atoms with Crippen LogP contribution in [0.5, 0.6) is 23.0 Å². The van der Waals surface area contributed by atoms with Gasteiger partial charge in [0.2, 0.25) is 0 Å². The number of phenols is 2. The van der Waals surface area contributed by atoms with Crippen molar-refractivity contribution in [3.05, 3.63) is 86.8 Å².